The van der Waals surface area contributed by atoms with Crippen LogP contribution in [0.15, 0.2) is 17.4 Å². The molecule has 148 valence electrons. The van der Waals surface area contributed by atoms with E-state index < -0.39 is 0 Å². The molecular formula is C17H32IN7O. The molecule has 1 N–H and O–H groups in total. The molecular weight excluding hydrogens is 445 g/mol. The molecule has 9 heteroatoms. The number of nitrogens with one attached hydrogen (secondary N) is 1. The van der Waals surface area contributed by atoms with Crippen LogP contribution in [0.1, 0.15) is 20.8 Å². The number of carbonyl (C=O) groups is 1. The Morgan fingerprint density at radius 3 is 2.65 bits per heavy atom. The van der Waals surface area contributed by atoms with Gasteiger partial charge >= 0.3 is 0 Å². The smallest absolute Gasteiger partial charge is 0.246 e. The number of aryl methyl sites for hydroxylation is 1. The summed E-state index contributed by atoms with van der Waals surface area (Å²) in [6, 6.07) is 0.526. The first-order chi connectivity index (χ1) is 12.0. The van der Waals surface area contributed by atoms with E-state index in [4.69, 9.17) is 0 Å². The zero-order valence-electron chi connectivity index (χ0n) is 16.5. The van der Waals surface area contributed by atoms with Gasteiger partial charge in [0.1, 0.15) is 6.54 Å². The highest BCUT2D eigenvalue weighted by Crippen LogP contribution is 2.15. The van der Waals surface area contributed by atoms with Crippen molar-refractivity contribution in [2.24, 2.45) is 12.0 Å². The molecule has 0 aliphatic carbocycles. The largest absolute Gasteiger partial charge is 0.355 e. The van der Waals surface area contributed by atoms with Gasteiger partial charge in [0.05, 0.1) is 11.9 Å². The second kappa shape index (κ2) is 10.7. The highest BCUT2D eigenvalue weighted by molar-refractivity contribution is 14.0. The molecule has 1 saturated heterocycles. The van der Waals surface area contributed by atoms with Gasteiger partial charge in [-0.3, -0.25) is 19.4 Å². The van der Waals surface area contributed by atoms with Gasteiger partial charge in [0.15, 0.2) is 5.96 Å². The molecule has 1 aromatic rings. The number of hydrogen-bond donors (Lipinski definition) is 1. The summed E-state index contributed by atoms with van der Waals surface area (Å²) in [5.41, 5.74) is 0.852. The zero-order chi connectivity index (χ0) is 18.4. The van der Waals surface area contributed by atoms with E-state index in [0.717, 1.165) is 37.8 Å². The first-order valence-corrected chi connectivity index (χ1v) is 8.94. The number of anilines is 1. The van der Waals surface area contributed by atoms with Crippen molar-refractivity contribution >= 4 is 41.5 Å². The third-order valence-electron chi connectivity index (χ3n) is 4.55. The predicted molar refractivity (Wildman–Crippen MR) is 116 cm³/mol. The number of aromatic nitrogens is 2. The van der Waals surface area contributed by atoms with E-state index in [-0.39, 0.29) is 29.9 Å². The molecule has 0 atom stereocenters. The van der Waals surface area contributed by atoms with Crippen LogP contribution in [0, 0.1) is 0 Å². The monoisotopic (exact) mass is 477 g/mol. The molecule has 8 nitrogen and oxygen atoms in total. The highest BCUT2D eigenvalue weighted by atomic mass is 127. The van der Waals surface area contributed by atoms with Crippen LogP contribution in [0.2, 0.25) is 0 Å². The lowest BCUT2D eigenvalue weighted by molar-refractivity contribution is -0.120. The number of piperazine rings is 1. The number of nitrogens with zero attached hydrogens (tertiary/aromatic N) is 6. The average molecular weight is 477 g/mol. The molecule has 2 heterocycles. The second-order valence-corrected chi connectivity index (χ2v) is 6.54. The summed E-state index contributed by atoms with van der Waals surface area (Å²) in [6.45, 7) is 11.1. The minimum atomic E-state index is 0. The van der Waals surface area contributed by atoms with E-state index in [9.17, 15) is 4.79 Å². The van der Waals surface area contributed by atoms with Crippen molar-refractivity contribution < 1.29 is 4.79 Å². The highest BCUT2D eigenvalue weighted by Gasteiger charge is 2.27. The van der Waals surface area contributed by atoms with Gasteiger partial charge in [-0.15, -0.1) is 24.0 Å². The van der Waals surface area contributed by atoms with Crippen molar-refractivity contribution in [1.82, 2.24) is 24.9 Å². The minimum Gasteiger partial charge on any atom is -0.355 e. The van der Waals surface area contributed by atoms with Gasteiger partial charge in [-0.1, -0.05) is 6.92 Å². The Bertz CT molecular complexity index is 602. The standard InChI is InChI=1S/C17H31N7O.HI/c1-6-22(14(2)3)8-7-19-17(18-4)23-9-10-24(16(25)13-23)15-11-20-21(5)12-15;/h11-12,14H,6-10,13H2,1-5H3,(H,18,19);1H. The third kappa shape index (κ3) is 5.83. The number of hydrogen-bond acceptors (Lipinski definition) is 4. The number of guanidine groups is 1. The Hall–Kier alpha value is -1.36. The summed E-state index contributed by atoms with van der Waals surface area (Å²) in [5.74, 6) is 0.860. The lowest BCUT2D eigenvalue weighted by Gasteiger charge is -2.35. The molecule has 2 rings (SSSR count). The fourth-order valence-corrected chi connectivity index (χ4v) is 3.10. The number of rotatable bonds is 6. The number of aliphatic imine (C=N–C) groups is 1. The van der Waals surface area contributed by atoms with Gasteiger partial charge in [0, 0.05) is 52.5 Å². The van der Waals surface area contributed by atoms with Crippen LogP contribution in [0.5, 0.6) is 0 Å². The molecule has 1 fully saturated rings. The summed E-state index contributed by atoms with van der Waals surface area (Å²) in [6.07, 6.45) is 3.60. The lowest BCUT2D eigenvalue weighted by Crippen LogP contribution is -2.56. The Balaban J connectivity index is 0.00000338. The van der Waals surface area contributed by atoms with Crippen LogP contribution >= 0.6 is 24.0 Å². The van der Waals surface area contributed by atoms with Crippen molar-refractivity contribution in [1.29, 1.82) is 0 Å². The molecule has 26 heavy (non-hydrogen) atoms. The van der Waals surface area contributed by atoms with Crippen molar-refractivity contribution in [3.63, 3.8) is 0 Å². The topological polar surface area (TPSA) is 69.0 Å². The SMILES string of the molecule is CCN(CCNC(=NC)N1CCN(c2cnn(C)c2)C(=O)C1)C(C)C.I. The van der Waals surface area contributed by atoms with E-state index in [1.165, 1.54) is 0 Å². The molecule has 1 aromatic heterocycles. The van der Waals surface area contributed by atoms with Crippen molar-refractivity contribution in [3.8, 4) is 0 Å². The van der Waals surface area contributed by atoms with Gasteiger partial charge in [0.25, 0.3) is 0 Å². The van der Waals surface area contributed by atoms with E-state index in [0.29, 0.717) is 19.1 Å². The van der Waals surface area contributed by atoms with Crippen molar-refractivity contribution in [2.75, 3.05) is 51.2 Å². The third-order valence-corrected chi connectivity index (χ3v) is 4.55. The maximum absolute atomic E-state index is 12.5. The number of halogens is 1. The van der Waals surface area contributed by atoms with Crippen molar-refractivity contribution in [2.45, 2.75) is 26.8 Å². The molecule has 1 aliphatic heterocycles. The Morgan fingerprint density at radius 2 is 2.15 bits per heavy atom. The number of carbonyl (C=O) groups excluding carboxylic acids is 1. The van der Waals surface area contributed by atoms with Gasteiger partial charge < -0.3 is 15.1 Å². The van der Waals surface area contributed by atoms with Crippen molar-refractivity contribution in [3.05, 3.63) is 12.4 Å². The molecule has 0 aromatic carbocycles. The second-order valence-electron chi connectivity index (χ2n) is 6.54. The first-order valence-electron chi connectivity index (χ1n) is 8.94. The Morgan fingerprint density at radius 1 is 1.42 bits per heavy atom. The molecule has 0 saturated carbocycles. The van der Waals surface area contributed by atoms with E-state index in [2.05, 4.69) is 41.1 Å². The van der Waals surface area contributed by atoms with Gasteiger partial charge in [-0.05, 0) is 20.4 Å². The summed E-state index contributed by atoms with van der Waals surface area (Å²) < 4.78 is 1.71. The van der Waals surface area contributed by atoms with Crippen LogP contribution in [-0.4, -0.2) is 83.8 Å². The zero-order valence-corrected chi connectivity index (χ0v) is 18.8. The summed E-state index contributed by atoms with van der Waals surface area (Å²) in [4.78, 5) is 23.0. The number of amides is 1. The first kappa shape index (κ1) is 22.7. The summed E-state index contributed by atoms with van der Waals surface area (Å²) >= 11 is 0. The van der Waals surface area contributed by atoms with Crippen LogP contribution in [0.3, 0.4) is 0 Å². The van der Waals surface area contributed by atoms with Gasteiger partial charge in [-0.2, -0.15) is 5.10 Å². The normalized spacial score (nSPS) is 15.7. The minimum absolute atomic E-state index is 0. The van der Waals surface area contributed by atoms with Gasteiger partial charge in [0.2, 0.25) is 5.91 Å². The molecule has 0 spiro atoms. The molecule has 0 unspecified atom stereocenters. The maximum Gasteiger partial charge on any atom is 0.246 e. The molecule has 1 aliphatic rings. The summed E-state index contributed by atoms with van der Waals surface area (Å²) in [7, 11) is 3.62. The van der Waals surface area contributed by atoms with Gasteiger partial charge in [-0.25, -0.2) is 0 Å². The Kier molecular flexibility index (Phi) is 9.34. The predicted octanol–water partition coefficient (Wildman–Crippen LogP) is 0.992. The van der Waals surface area contributed by atoms with E-state index >= 15 is 0 Å². The average Bonchev–Trinajstić information content (AvgIpc) is 3.01. The molecule has 1 amide bonds. The van der Waals surface area contributed by atoms with E-state index in [1.807, 2.05) is 18.1 Å². The maximum atomic E-state index is 12.5. The quantitative estimate of drug-likeness (QED) is 0.376. The number of likely N-dealkylation sites (N-methyl/N-ethyl adjacent to an activating group) is 1. The molecule has 0 bridgehead atoms. The fraction of sp³-hybridized carbons (Fsp3) is 0.706. The molecule has 0 radical (unpaired) electrons. The van der Waals surface area contributed by atoms with Crippen LogP contribution in [-0.2, 0) is 11.8 Å². The van der Waals surface area contributed by atoms with Crippen LogP contribution < -0.4 is 10.2 Å². The fourth-order valence-electron chi connectivity index (χ4n) is 3.10. The van der Waals surface area contributed by atoms with Crippen LogP contribution in [0.4, 0.5) is 5.69 Å². The van der Waals surface area contributed by atoms with E-state index in [1.54, 1.807) is 22.8 Å². The Labute approximate surface area is 173 Å². The lowest BCUT2D eigenvalue weighted by atomic mass is 10.3. The van der Waals surface area contributed by atoms with Crippen LogP contribution in [0.25, 0.3) is 0 Å². The summed E-state index contributed by atoms with van der Waals surface area (Å²) in [5, 5.41) is 7.53.